The van der Waals surface area contributed by atoms with E-state index in [2.05, 4.69) is 5.10 Å². The Bertz CT molecular complexity index is 1020. The van der Waals surface area contributed by atoms with Gasteiger partial charge in [-0.2, -0.15) is 5.10 Å². The number of ketones is 1. The Hall–Kier alpha value is -2.21. The van der Waals surface area contributed by atoms with Crippen LogP contribution in [0, 0.1) is 13.8 Å². The van der Waals surface area contributed by atoms with Crippen LogP contribution in [0.1, 0.15) is 45.3 Å². The first-order chi connectivity index (χ1) is 11.9. The summed E-state index contributed by atoms with van der Waals surface area (Å²) in [5.41, 5.74) is 5.29. The standard InChI is InChI=1S/C19H20N2O3S/c1-12-18(10-15-9-14-5-3-4-6-17(14)19(15)22)13(2)21(20-12)16-7-8-25(23,24)11-16/h3-6,10,16H,7-9,11H2,1-2H3/b15-10+/t16-/m0/s1. The van der Waals surface area contributed by atoms with Gasteiger partial charge in [0.15, 0.2) is 15.6 Å². The fourth-order valence-corrected chi connectivity index (χ4v) is 5.55. The van der Waals surface area contributed by atoms with Crippen molar-refractivity contribution in [3.63, 3.8) is 0 Å². The molecule has 1 aromatic heterocycles. The number of Topliss-reactive ketones (excluding diaryl/α,β-unsaturated/α-hetero) is 1. The van der Waals surface area contributed by atoms with Crippen molar-refractivity contribution in [2.24, 2.45) is 0 Å². The molecule has 0 saturated carbocycles. The third-order valence-corrected chi connectivity index (χ3v) is 6.94. The Balaban J connectivity index is 1.70. The van der Waals surface area contributed by atoms with Crippen molar-refractivity contribution < 1.29 is 13.2 Å². The molecule has 2 aromatic rings. The second-order valence-corrected chi connectivity index (χ2v) is 9.15. The summed E-state index contributed by atoms with van der Waals surface area (Å²) < 4.78 is 25.4. The molecule has 0 unspecified atom stereocenters. The molecule has 1 aromatic carbocycles. The molecule has 130 valence electrons. The SMILES string of the molecule is Cc1nn([C@H]2CCS(=O)(=O)C2)c(C)c1/C=C1\Cc2ccccc2C1=O. The quantitative estimate of drug-likeness (QED) is 0.776. The average molecular weight is 356 g/mol. The number of rotatable bonds is 2. The Morgan fingerprint density at radius 2 is 2.00 bits per heavy atom. The predicted molar refractivity (Wildman–Crippen MR) is 96.5 cm³/mol. The van der Waals surface area contributed by atoms with Crippen molar-refractivity contribution in [1.29, 1.82) is 0 Å². The molecule has 1 aliphatic heterocycles. The monoisotopic (exact) mass is 356 g/mol. The summed E-state index contributed by atoms with van der Waals surface area (Å²) in [4.78, 5) is 12.6. The Morgan fingerprint density at radius 3 is 2.68 bits per heavy atom. The fourth-order valence-electron chi connectivity index (χ4n) is 3.85. The molecule has 4 rings (SSSR count). The van der Waals surface area contributed by atoms with Crippen molar-refractivity contribution in [1.82, 2.24) is 9.78 Å². The van der Waals surface area contributed by atoms with E-state index in [-0.39, 0.29) is 23.3 Å². The van der Waals surface area contributed by atoms with E-state index in [1.807, 2.05) is 48.9 Å². The zero-order chi connectivity index (χ0) is 17.8. The van der Waals surface area contributed by atoms with E-state index < -0.39 is 9.84 Å². The highest BCUT2D eigenvalue weighted by Gasteiger charge is 2.31. The number of carbonyl (C=O) groups excluding carboxylic acids is 1. The van der Waals surface area contributed by atoms with Crippen LogP contribution < -0.4 is 0 Å². The van der Waals surface area contributed by atoms with E-state index in [4.69, 9.17) is 0 Å². The number of hydrogen-bond donors (Lipinski definition) is 0. The van der Waals surface area contributed by atoms with Crippen LogP contribution in [0.4, 0.5) is 0 Å². The van der Waals surface area contributed by atoms with Crippen molar-refractivity contribution in [3.05, 3.63) is 57.9 Å². The van der Waals surface area contributed by atoms with E-state index >= 15 is 0 Å². The highest BCUT2D eigenvalue weighted by molar-refractivity contribution is 7.91. The minimum absolute atomic E-state index is 0.0746. The fraction of sp³-hybridized carbons (Fsp3) is 0.368. The van der Waals surface area contributed by atoms with Crippen LogP contribution in [0.5, 0.6) is 0 Å². The second kappa shape index (κ2) is 5.66. The smallest absolute Gasteiger partial charge is 0.189 e. The van der Waals surface area contributed by atoms with Gasteiger partial charge in [-0.1, -0.05) is 24.3 Å². The van der Waals surface area contributed by atoms with Crippen LogP contribution in [-0.4, -0.2) is 35.5 Å². The lowest BCUT2D eigenvalue weighted by Crippen LogP contribution is -2.14. The molecule has 5 nitrogen and oxygen atoms in total. The summed E-state index contributed by atoms with van der Waals surface area (Å²) in [5.74, 6) is 0.445. The number of allylic oxidation sites excluding steroid dienone is 1. The number of hydrogen-bond acceptors (Lipinski definition) is 4. The Labute approximate surface area is 147 Å². The van der Waals surface area contributed by atoms with E-state index in [0.717, 1.165) is 33.7 Å². The van der Waals surface area contributed by atoms with Crippen LogP contribution in [0.15, 0.2) is 29.8 Å². The first-order valence-corrected chi connectivity index (χ1v) is 10.3. The summed E-state index contributed by atoms with van der Waals surface area (Å²) in [5, 5.41) is 4.57. The van der Waals surface area contributed by atoms with Gasteiger partial charge in [0, 0.05) is 28.8 Å². The molecule has 0 N–H and O–H groups in total. The summed E-state index contributed by atoms with van der Waals surface area (Å²) in [6.45, 7) is 3.86. The Kier molecular flexibility index (Phi) is 3.68. The molecule has 0 radical (unpaired) electrons. The highest BCUT2D eigenvalue weighted by Crippen LogP contribution is 2.31. The van der Waals surface area contributed by atoms with Gasteiger partial charge in [-0.05, 0) is 31.9 Å². The Morgan fingerprint density at radius 1 is 1.24 bits per heavy atom. The first kappa shape index (κ1) is 16.3. The van der Waals surface area contributed by atoms with E-state index in [1.54, 1.807) is 0 Å². The topological polar surface area (TPSA) is 69.0 Å². The molecular weight excluding hydrogens is 336 g/mol. The van der Waals surface area contributed by atoms with E-state index in [0.29, 0.717) is 12.8 Å². The van der Waals surface area contributed by atoms with Gasteiger partial charge in [-0.15, -0.1) is 0 Å². The van der Waals surface area contributed by atoms with Crippen molar-refractivity contribution in [2.75, 3.05) is 11.5 Å². The number of fused-ring (bicyclic) bond motifs is 1. The van der Waals surface area contributed by atoms with Gasteiger partial charge in [0.25, 0.3) is 0 Å². The minimum Gasteiger partial charge on any atom is -0.289 e. The molecule has 0 bridgehead atoms. The van der Waals surface area contributed by atoms with Gasteiger partial charge in [0.2, 0.25) is 0 Å². The lowest BCUT2D eigenvalue weighted by atomic mass is 10.1. The molecule has 1 atom stereocenters. The van der Waals surface area contributed by atoms with Crippen LogP contribution in [0.25, 0.3) is 6.08 Å². The number of sulfone groups is 1. The van der Waals surface area contributed by atoms with Gasteiger partial charge in [0.05, 0.1) is 23.2 Å². The average Bonchev–Trinajstić information content (AvgIpc) is 3.18. The number of benzene rings is 1. The molecule has 6 heteroatoms. The largest absolute Gasteiger partial charge is 0.289 e. The normalized spacial score (nSPS) is 23.4. The molecule has 25 heavy (non-hydrogen) atoms. The van der Waals surface area contributed by atoms with Crippen molar-refractivity contribution in [2.45, 2.75) is 32.7 Å². The van der Waals surface area contributed by atoms with Gasteiger partial charge in [-0.25, -0.2) is 8.42 Å². The van der Waals surface area contributed by atoms with Gasteiger partial charge >= 0.3 is 0 Å². The van der Waals surface area contributed by atoms with Crippen LogP contribution in [-0.2, 0) is 16.3 Å². The van der Waals surface area contributed by atoms with E-state index in [9.17, 15) is 13.2 Å². The summed E-state index contributed by atoms with van der Waals surface area (Å²) in [6, 6.07) is 7.58. The summed E-state index contributed by atoms with van der Waals surface area (Å²) in [6.07, 6.45) is 3.17. The number of carbonyl (C=O) groups is 1. The van der Waals surface area contributed by atoms with E-state index in [1.165, 1.54) is 0 Å². The molecule has 2 heterocycles. The third-order valence-electron chi connectivity index (χ3n) is 5.19. The first-order valence-electron chi connectivity index (χ1n) is 8.45. The number of nitrogens with zero attached hydrogens (tertiary/aromatic N) is 2. The second-order valence-electron chi connectivity index (χ2n) is 6.92. The van der Waals surface area contributed by atoms with Crippen molar-refractivity contribution in [3.8, 4) is 0 Å². The van der Waals surface area contributed by atoms with Crippen LogP contribution in [0.3, 0.4) is 0 Å². The lowest BCUT2D eigenvalue weighted by molar-refractivity contribution is 0.104. The molecule has 1 aliphatic carbocycles. The van der Waals surface area contributed by atoms with Crippen LogP contribution >= 0.6 is 0 Å². The molecule has 1 saturated heterocycles. The maximum absolute atomic E-state index is 12.6. The zero-order valence-corrected chi connectivity index (χ0v) is 15.1. The van der Waals surface area contributed by atoms with Gasteiger partial charge < -0.3 is 0 Å². The molecule has 1 fully saturated rings. The number of aromatic nitrogens is 2. The highest BCUT2D eigenvalue weighted by atomic mass is 32.2. The zero-order valence-electron chi connectivity index (χ0n) is 14.3. The maximum Gasteiger partial charge on any atom is 0.189 e. The summed E-state index contributed by atoms with van der Waals surface area (Å²) >= 11 is 0. The van der Waals surface area contributed by atoms with Gasteiger partial charge in [-0.3, -0.25) is 9.48 Å². The van der Waals surface area contributed by atoms with Gasteiger partial charge in [0.1, 0.15) is 0 Å². The third kappa shape index (κ3) is 2.74. The lowest BCUT2D eigenvalue weighted by Gasteiger charge is -2.11. The molecule has 0 amide bonds. The molecule has 0 spiro atoms. The predicted octanol–water partition coefficient (Wildman–Crippen LogP) is 2.68. The molecular formula is C19H20N2O3S. The van der Waals surface area contributed by atoms with Crippen LogP contribution in [0.2, 0.25) is 0 Å². The maximum atomic E-state index is 12.6. The minimum atomic E-state index is -2.96. The summed E-state index contributed by atoms with van der Waals surface area (Å²) in [7, 11) is -2.96. The van der Waals surface area contributed by atoms with Crippen molar-refractivity contribution >= 4 is 21.7 Å². The number of aryl methyl sites for hydroxylation is 1. The molecule has 2 aliphatic rings.